The van der Waals surface area contributed by atoms with Gasteiger partial charge in [0.1, 0.15) is 19.8 Å². The van der Waals surface area contributed by atoms with Gasteiger partial charge in [0.25, 0.3) is 7.82 Å². The molecular formula is C66H130NO8P. The summed E-state index contributed by atoms with van der Waals surface area (Å²) >= 11 is 0. The zero-order valence-corrected chi connectivity index (χ0v) is 52.4. The summed E-state index contributed by atoms with van der Waals surface area (Å²) in [6.07, 6.45) is 70.0. The van der Waals surface area contributed by atoms with Gasteiger partial charge in [0.2, 0.25) is 0 Å². The van der Waals surface area contributed by atoms with Gasteiger partial charge in [-0.1, -0.05) is 309 Å². The van der Waals surface area contributed by atoms with Crippen LogP contribution in [0.1, 0.15) is 348 Å². The van der Waals surface area contributed by atoms with Crippen LogP contribution in [0.15, 0.2) is 12.2 Å². The highest BCUT2D eigenvalue weighted by Crippen LogP contribution is 2.38. The van der Waals surface area contributed by atoms with Crippen LogP contribution in [0.3, 0.4) is 0 Å². The second-order valence-corrected chi connectivity index (χ2v) is 25.6. The average molecular weight is 1100 g/mol. The van der Waals surface area contributed by atoms with Crippen LogP contribution >= 0.6 is 7.82 Å². The van der Waals surface area contributed by atoms with Crippen LogP contribution in [-0.2, 0) is 32.7 Å². The summed E-state index contributed by atoms with van der Waals surface area (Å²) in [5.41, 5.74) is 0. The van der Waals surface area contributed by atoms with Crippen molar-refractivity contribution >= 4 is 19.8 Å². The summed E-state index contributed by atoms with van der Waals surface area (Å²) in [6, 6.07) is 0. The minimum atomic E-state index is -4.63. The Morgan fingerprint density at radius 2 is 0.671 bits per heavy atom. The number of allylic oxidation sites excluding steroid dienone is 2. The van der Waals surface area contributed by atoms with Crippen LogP contribution in [-0.4, -0.2) is 70.0 Å². The molecule has 2 unspecified atom stereocenters. The first-order valence-corrected chi connectivity index (χ1v) is 34.9. The molecule has 2 atom stereocenters. The monoisotopic (exact) mass is 1100 g/mol. The maximum atomic E-state index is 12.8. The fraction of sp³-hybridized carbons (Fsp3) is 0.939. The number of carbonyl (C=O) groups excluding carboxylic acids is 2. The SMILES string of the molecule is CCCCCCCCCC/C=C\CCCCCCCCCCCCCCCCCCCCCCCC(=O)OC(COC(=O)CCCCCCCCCCCCCCCCCCCCC)COP(=O)([O-])OCC[N+](C)(C)C. The number of unbranched alkanes of at least 4 members (excludes halogenated alkanes) is 47. The summed E-state index contributed by atoms with van der Waals surface area (Å²) < 4.78 is 34.3. The molecular weight excluding hydrogens is 966 g/mol. The molecule has 0 bridgehead atoms. The molecule has 0 radical (unpaired) electrons. The van der Waals surface area contributed by atoms with Crippen molar-refractivity contribution in [1.82, 2.24) is 0 Å². The lowest BCUT2D eigenvalue weighted by Crippen LogP contribution is -2.37. The van der Waals surface area contributed by atoms with Gasteiger partial charge in [-0.3, -0.25) is 14.2 Å². The quantitative estimate of drug-likeness (QED) is 0.0195. The fourth-order valence-corrected chi connectivity index (χ4v) is 10.9. The number of carbonyl (C=O) groups is 2. The number of phosphoric acid groups is 1. The number of rotatable bonds is 63. The highest BCUT2D eigenvalue weighted by Gasteiger charge is 2.22. The van der Waals surface area contributed by atoms with E-state index < -0.39 is 26.5 Å². The normalized spacial score (nSPS) is 13.2. The Bertz CT molecular complexity index is 1290. The molecule has 0 saturated heterocycles. The Hall–Kier alpha value is -1.25. The molecule has 0 rings (SSSR count). The Morgan fingerprint density at radius 1 is 0.395 bits per heavy atom. The highest BCUT2D eigenvalue weighted by atomic mass is 31.2. The number of ether oxygens (including phenoxy) is 2. The van der Waals surface area contributed by atoms with Gasteiger partial charge in [0.05, 0.1) is 27.7 Å². The minimum absolute atomic E-state index is 0.0259. The molecule has 0 aromatic rings. The van der Waals surface area contributed by atoms with Crippen molar-refractivity contribution in [2.24, 2.45) is 0 Å². The van der Waals surface area contributed by atoms with Crippen LogP contribution < -0.4 is 4.89 Å². The third-order valence-corrected chi connectivity index (χ3v) is 16.2. The van der Waals surface area contributed by atoms with Gasteiger partial charge in [-0.05, 0) is 38.5 Å². The predicted molar refractivity (Wildman–Crippen MR) is 324 cm³/mol. The molecule has 0 fully saturated rings. The molecule has 0 heterocycles. The summed E-state index contributed by atoms with van der Waals surface area (Å²) in [6.45, 7) is 4.32. The largest absolute Gasteiger partial charge is 0.756 e. The lowest BCUT2D eigenvalue weighted by molar-refractivity contribution is -0.870. The van der Waals surface area contributed by atoms with Gasteiger partial charge in [0, 0.05) is 12.8 Å². The molecule has 76 heavy (non-hydrogen) atoms. The standard InChI is InChI=1S/C66H130NO8P/c1-6-8-10-12-14-16-18-20-22-24-26-27-28-29-30-31-32-33-34-35-36-37-38-39-41-43-45-47-49-51-53-55-57-59-66(69)75-64(63-74-76(70,71)73-61-60-67(3,4)5)62-72-65(68)58-56-54-52-50-48-46-44-42-40-25-23-21-19-17-15-13-11-9-7-2/h24,26,64H,6-23,25,27-63H2,1-5H3/b26-24-. The van der Waals surface area contributed by atoms with Gasteiger partial charge in [-0.2, -0.15) is 0 Å². The van der Waals surface area contributed by atoms with Crippen molar-refractivity contribution in [3.63, 3.8) is 0 Å². The number of esters is 2. The summed E-state index contributed by atoms with van der Waals surface area (Å²) in [5, 5.41) is 0. The van der Waals surface area contributed by atoms with Crippen molar-refractivity contribution in [3.8, 4) is 0 Å². The summed E-state index contributed by atoms with van der Waals surface area (Å²) in [7, 11) is 1.19. The Kier molecular flexibility index (Phi) is 57.4. The topological polar surface area (TPSA) is 111 Å². The zero-order valence-electron chi connectivity index (χ0n) is 51.5. The maximum Gasteiger partial charge on any atom is 0.306 e. The maximum absolute atomic E-state index is 12.8. The smallest absolute Gasteiger partial charge is 0.306 e. The van der Waals surface area contributed by atoms with Crippen LogP contribution in [0.5, 0.6) is 0 Å². The molecule has 10 heteroatoms. The molecule has 0 aliphatic carbocycles. The predicted octanol–water partition coefficient (Wildman–Crippen LogP) is 20.5. The van der Waals surface area contributed by atoms with E-state index in [1.165, 1.54) is 283 Å². The lowest BCUT2D eigenvalue weighted by atomic mass is 10.0. The Morgan fingerprint density at radius 3 is 0.974 bits per heavy atom. The van der Waals surface area contributed by atoms with E-state index in [1.807, 2.05) is 21.1 Å². The van der Waals surface area contributed by atoms with Crippen molar-refractivity contribution in [2.75, 3.05) is 47.5 Å². The third kappa shape index (κ3) is 62.0. The van der Waals surface area contributed by atoms with Crippen LogP contribution in [0.4, 0.5) is 0 Å². The minimum Gasteiger partial charge on any atom is -0.756 e. The van der Waals surface area contributed by atoms with E-state index in [4.69, 9.17) is 18.5 Å². The second-order valence-electron chi connectivity index (χ2n) is 24.2. The molecule has 0 aliphatic heterocycles. The molecule has 0 aliphatic rings. The number of phosphoric ester groups is 1. The van der Waals surface area contributed by atoms with Gasteiger partial charge in [-0.15, -0.1) is 0 Å². The van der Waals surface area contributed by atoms with Crippen LogP contribution in [0.2, 0.25) is 0 Å². The van der Waals surface area contributed by atoms with E-state index in [2.05, 4.69) is 26.0 Å². The second kappa shape index (κ2) is 58.4. The van der Waals surface area contributed by atoms with Crippen LogP contribution in [0, 0.1) is 0 Å². The highest BCUT2D eigenvalue weighted by molar-refractivity contribution is 7.45. The molecule has 0 saturated carbocycles. The van der Waals surface area contributed by atoms with Gasteiger partial charge >= 0.3 is 11.9 Å². The molecule has 0 amide bonds. The molecule has 452 valence electrons. The van der Waals surface area contributed by atoms with Gasteiger partial charge in [-0.25, -0.2) is 0 Å². The lowest BCUT2D eigenvalue weighted by Gasteiger charge is -2.28. The summed E-state index contributed by atoms with van der Waals surface area (Å²) in [4.78, 5) is 38.0. The first kappa shape index (κ1) is 74.8. The van der Waals surface area contributed by atoms with Gasteiger partial charge < -0.3 is 27.9 Å². The van der Waals surface area contributed by atoms with E-state index in [1.54, 1.807) is 0 Å². The van der Waals surface area contributed by atoms with E-state index >= 15 is 0 Å². The number of hydrogen-bond acceptors (Lipinski definition) is 8. The Balaban J connectivity index is 3.97. The van der Waals surface area contributed by atoms with E-state index in [9.17, 15) is 19.0 Å². The average Bonchev–Trinajstić information content (AvgIpc) is 3.38. The number of likely N-dealkylation sites (N-methyl/N-ethyl adjacent to an activating group) is 1. The van der Waals surface area contributed by atoms with Crippen molar-refractivity contribution < 1.29 is 42.1 Å². The summed E-state index contributed by atoms with van der Waals surface area (Å²) in [5.74, 6) is -0.808. The van der Waals surface area contributed by atoms with Crippen molar-refractivity contribution in [3.05, 3.63) is 12.2 Å². The zero-order chi connectivity index (χ0) is 55.6. The Labute approximate surface area is 473 Å². The molecule has 0 aromatic carbocycles. The fourth-order valence-electron chi connectivity index (χ4n) is 10.1. The molecule has 9 nitrogen and oxygen atoms in total. The number of quaternary nitrogens is 1. The van der Waals surface area contributed by atoms with E-state index in [0.29, 0.717) is 17.4 Å². The van der Waals surface area contributed by atoms with E-state index in [-0.39, 0.29) is 32.0 Å². The first-order chi connectivity index (χ1) is 37.0. The number of nitrogens with zero attached hydrogens (tertiary/aromatic N) is 1. The first-order valence-electron chi connectivity index (χ1n) is 33.4. The number of hydrogen-bond donors (Lipinski definition) is 0. The molecule has 0 spiro atoms. The van der Waals surface area contributed by atoms with Crippen molar-refractivity contribution in [1.29, 1.82) is 0 Å². The van der Waals surface area contributed by atoms with E-state index in [0.717, 1.165) is 32.1 Å². The molecule has 0 aromatic heterocycles. The third-order valence-electron chi connectivity index (χ3n) is 15.3. The van der Waals surface area contributed by atoms with Crippen molar-refractivity contribution in [2.45, 2.75) is 354 Å². The van der Waals surface area contributed by atoms with Crippen LogP contribution in [0.25, 0.3) is 0 Å². The van der Waals surface area contributed by atoms with Gasteiger partial charge in [0.15, 0.2) is 6.10 Å². The molecule has 0 N–H and O–H groups in total.